The van der Waals surface area contributed by atoms with Crippen molar-refractivity contribution in [2.45, 2.75) is 46.0 Å². The maximum Gasteiger partial charge on any atom is 0.226 e. The average molecular weight is 306 g/mol. The van der Waals surface area contributed by atoms with Crippen molar-refractivity contribution < 1.29 is 9.53 Å². The first-order valence-corrected chi connectivity index (χ1v) is 8.37. The van der Waals surface area contributed by atoms with Crippen LogP contribution in [0.1, 0.15) is 46.0 Å². The van der Waals surface area contributed by atoms with Crippen molar-refractivity contribution in [3.8, 4) is 5.75 Å². The highest BCUT2D eigenvalue weighted by Gasteiger charge is 2.08. The molecule has 0 spiro atoms. The molecule has 2 rings (SSSR count). The number of thiazole rings is 1. The monoisotopic (exact) mass is 306 g/mol. The summed E-state index contributed by atoms with van der Waals surface area (Å²) >= 11 is 1.49. The van der Waals surface area contributed by atoms with Gasteiger partial charge < -0.3 is 10.1 Å². The van der Waals surface area contributed by atoms with Crippen LogP contribution in [-0.4, -0.2) is 17.5 Å². The fourth-order valence-corrected chi connectivity index (χ4v) is 2.90. The van der Waals surface area contributed by atoms with Crippen LogP contribution in [0.4, 0.5) is 5.13 Å². The molecule has 0 saturated heterocycles. The SMILES string of the molecule is CCCCCC(=O)Nc1nc2ccc(OCCC)cc2s1. The number of ether oxygens (including phenoxy) is 1. The van der Waals surface area contributed by atoms with Crippen LogP contribution in [-0.2, 0) is 4.79 Å². The zero-order valence-electron chi connectivity index (χ0n) is 12.6. The maximum absolute atomic E-state index is 11.8. The van der Waals surface area contributed by atoms with Gasteiger partial charge in [-0.25, -0.2) is 4.98 Å². The van der Waals surface area contributed by atoms with E-state index in [1.807, 2.05) is 18.2 Å². The lowest BCUT2D eigenvalue weighted by molar-refractivity contribution is -0.116. The second kappa shape index (κ2) is 7.98. The molecule has 1 aromatic heterocycles. The predicted molar refractivity (Wildman–Crippen MR) is 88.2 cm³/mol. The highest BCUT2D eigenvalue weighted by Crippen LogP contribution is 2.29. The number of aromatic nitrogens is 1. The molecule has 0 radical (unpaired) electrons. The van der Waals surface area contributed by atoms with Crippen molar-refractivity contribution in [1.82, 2.24) is 4.98 Å². The molecule has 0 aliphatic heterocycles. The van der Waals surface area contributed by atoms with Gasteiger partial charge in [-0.1, -0.05) is 38.0 Å². The number of unbranched alkanes of at least 4 members (excludes halogenated alkanes) is 2. The Hall–Kier alpha value is -1.62. The Morgan fingerprint density at radius 3 is 2.90 bits per heavy atom. The van der Waals surface area contributed by atoms with Crippen molar-refractivity contribution >= 4 is 32.6 Å². The number of carbonyl (C=O) groups excluding carboxylic acids is 1. The first-order chi connectivity index (χ1) is 10.2. The molecule has 0 unspecified atom stereocenters. The highest BCUT2D eigenvalue weighted by molar-refractivity contribution is 7.22. The molecule has 0 atom stereocenters. The number of hydrogen-bond donors (Lipinski definition) is 1. The van der Waals surface area contributed by atoms with Crippen molar-refractivity contribution in [1.29, 1.82) is 0 Å². The van der Waals surface area contributed by atoms with Gasteiger partial charge in [-0.2, -0.15) is 0 Å². The summed E-state index contributed by atoms with van der Waals surface area (Å²) in [4.78, 5) is 16.2. The van der Waals surface area contributed by atoms with Gasteiger partial charge in [-0.3, -0.25) is 4.79 Å². The quantitative estimate of drug-likeness (QED) is 0.725. The second-order valence-electron chi connectivity index (χ2n) is 5.00. The van der Waals surface area contributed by atoms with Crippen LogP contribution in [0.2, 0.25) is 0 Å². The lowest BCUT2D eigenvalue weighted by Crippen LogP contribution is -2.10. The normalized spacial score (nSPS) is 10.8. The van der Waals surface area contributed by atoms with Crippen molar-refractivity contribution in [2.75, 3.05) is 11.9 Å². The van der Waals surface area contributed by atoms with E-state index in [9.17, 15) is 4.79 Å². The lowest BCUT2D eigenvalue weighted by atomic mass is 10.2. The minimum atomic E-state index is 0.0463. The van der Waals surface area contributed by atoms with Gasteiger partial charge in [-0.15, -0.1) is 0 Å². The van der Waals surface area contributed by atoms with Crippen LogP contribution >= 0.6 is 11.3 Å². The number of anilines is 1. The second-order valence-corrected chi connectivity index (χ2v) is 6.03. The van der Waals surface area contributed by atoms with Crippen LogP contribution in [0, 0.1) is 0 Å². The summed E-state index contributed by atoms with van der Waals surface area (Å²) in [5.74, 6) is 0.902. The van der Waals surface area contributed by atoms with Gasteiger partial charge in [-0.05, 0) is 31.0 Å². The number of hydrogen-bond acceptors (Lipinski definition) is 4. The molecule has 1 amide bonds. The van der Waals surface area contributed by atoms with Crippen molar-refractivity contribution in [3.63, 3.8) is 0 Å². The van der Waals surface area contributed by atoms with Crippen molar-refractivity contribution in [2.24, 2.45) is 0 Å². The minimum absolute atomic E-state index is 0.0463. The first-order valence-electron chi connectivity index (χ1n) is 7.56. The van der Waals surface area contributed by atoms with Crippen LogP contribution < -0.4 is 10.1 Å². The fraction of sp³-hybridized carbons (Fsp3) is 0.500. The van der Waals surface area contributed by atoms with E-state index in [-0.39, 0.29) is 5.91 Å². The largest absolute Gasteiger partial charge is 0.494 e. The van der Waals surface area contributed by atoms with E-state index in [4.69, 9.17) is 4.74 Å². The Balaban J connectivity index is 1.99. The van der Waals surface area contributed by atoms with E-state index in [1.54, 1.807) is 0 Å². The lowest BCUT2D eigenvalue weighted by Gasteiger charge is -2.02. The molecule has 1 aromatic carbocycles. The molecule has 0 aliphatic carbocycles. The van der Waals surface area contributed by atoms with Gasteiger partial charge >= 0.3 is 0 Å². The summed E-state index contributed by atoms with van der Waals surface area (Å²) in [5, 5.41) is 3.55. The van der Waals surface area contributed by atoms with Gasteiger partial charge in [0.1, 0.15) is 5.75 Å². The molecular formula is C16H22N2O2S. The molecule has 0 saturated carbocycles. The number of carbonyl (C=O) groups is 1. The molecule has 5 heteroatoms. The van der Waals surface area contributed by atoms with Gasteiger partial charge in [0.15, 0.2) is 5.13 Å². The van der Waals surface area contributed by atoms with Crippen LogP contribution in [0.25, 0.3) is 10.2 Å². The van der Waals surface area contributed by atoms with Crippen LogP contribution in [0.5, 0.6) is 5.75 Å². The summed E-state index contributed by atoms with van der Waals surface area (Å²) < 4.78 is 6.65. The van der Waals surface area contributed by atoms with E-state index < -0.39 is 0 Å². The molecule has 1 heterocycles. The van der Waals surface area contributed by atoms with E-state index in [0.717, 1.165) is 41.6 Å². The standard InChI is InChI=1S/C16H22N2O2S/c1-3-5-6-7-15(19)18-16-17-13-9-8-12(20-10-4-2)11-14(13)21-16/h8-9,11H,3-7,10H2,1-2H3,(H,17,18,19). The smallest absolute Gasteiger partial charge is 0.226 e. The molecule has 0 fully saturated rings. The maximum atomic E-state index is 11.8. The Labute approximate surface area is 129 Å². The summed E-state index contributed by atoms with van der Waals surface area (Å²) in [5.41, 5.74) is 0.896. The zero-order valence-corrected chi connectivity index (χ0v) is 13.5. The third-order valence-corrected chi connectivity index (χ3v) is 4.02. The fourth-order valence-electron chi connectivity index (χ4n) is 1.99. The highest BCUT2D eigenvalue weighted by atomic mass is 32.1. The van der Waals surface area contributed by atoms with E-state index in [0.29, 0.717) is 18.2 Å². The third-order valence-electron chi connectivity index (χ3n) is 3.09. The van der Waals surface area contributed by atoms with Gasteiger partial charge in [0.25, 0.3) is 0 Å². The molecule has 114 valence electrons. The minimum Gasteiger partial charge on any atom is -0.494 e. The van der Waals surface area contributed by atoms with Gasteiger partial charge in [0.2, 0.25) is 5.91 Å². The summed E-state index contributed by atoms with van der Waals surface area (Å²) in [6, 6.07) is 5.84. The summed E-state index contributed by atoms with van der Waals surface area (Å²) in [6.45, 7) is 4.92. The molecule has 2 aromatic rings. The van der Waals surface area contributed by atoms with Crippen molar-refractivity contribution in [3.05, 3.63) is 18.2 Å². The molecule has 21 heavy (non-hydrogen) atoms. The van der Waals surface area contributed by atoms with Gasteiger partial charge in [0.05, 0.1) is 16.8 Å². The first kappa shape index (κ1) is 15.8. The summed E-state index contributed by atoms with van der Waals surface area (Å²) in [6.07, 6.45) is 4.69. The Morgan fingerprint density at radius 1 is 1.29 bits per heavy atom. The number of amides is 1. The topological polar surface area (TPSA) is 51.2 Å². The predicted octanol–water partition coefficient (Wildman–Crippen LogP) is 4.60. The Morgan fingerprint density at radius 2 is 2.14 bits per heavy atom. The average Bonchev–Trinajstić information content (AvgIpc) is 2.86. The summed E-state index contributed by atoms with van der Waals surface area (Å²) in [7, 11) is 0. The molecule has 1 N–H and O–H groups in total. The number of benzene rings is 1. The van der Waals surface area contributed by atoms with E-state index >= 15 is 0 Å². The molecule has 0 aliphatic rings. The van der Waals surface area contributed by atoms with E-state index in [2.05, 4.69) is 24.1 Å². The van der Waals surface area contributed by atoms with Crippen LogP contribution in [0.15, 0.2) is 18.2 Å². The Kier molecular flexibility index (Phi) is 5.99. The number of fused-ring (bicyclic) bond motifs is 1. The molecule has 4 nitrogen and oxygen atoms in total. The zero-order chi connectivity index (χ0) is 15.1. The van der Waals surface area contributed by atoms with E-state index in [1.165, 1.54) is 11.3 Å². The Bertz CT molecular complexity index is 595. The number of nitrogens with one attached hydrogen (secondary N) is 1. The molecular weight excluding hydrogens is 284 g/mol. The third kappa shape index (κ3) is 4.70. The van der Waals surface area contributed by atoms with Crippen LogP contribution in [0.3, 0.4) is 0 Å². The number of nitrogens with zero attached hydrogens (tertiary/aromatic N) is 1. The van der Waals surface area contributed by atoms with Gasteiger partial charge in [0, 0.05) is 6.42 Å². The molecule has 0 bridgehead atoms. The number of rotatable bonds is 8.